The zero-order valence-corrected chi connectivity index (χ0v) is 20.4. The summed E-state index contributed by atoms with van der Waals surface area (Å²) in [6, 6.07) is 2.21. The largest absolute Gasteiger partial charge is 0.492 e. The molecule has 1 saturated carbocycles. The average Bonchev–Trinajstić information content (AvgIpc) is 3.23. The Balaban J connectivity index is 1.56. The Morgan fingerprint density at radius 3 is 2.25 bits per heavy atom. The third kappa shape index (κ3) is 5.08. The Kier molecular flexibility index (Phi) is 7.65. The topological polar surface area (TPSA) is 44.8 Å². The minimum Gasteiger partial charge on any atom is -0.492 e. The van der Waals surface area contributed by atoms with E-state index in [4.69, 9.17) is 14.2 Å². The zero-order valence-electron chi connectivity index (χ0n) is 20.4. The lowest BCUT2D eigenvalue weighted by atomic mass is 9.82. The van der Waals surface area contributed by atoms with Crippen LogP contribution in [0, 0.1) is 5.92 Å². The van der Waals surface area contributed by atoms with E-state index in [0.717, 1.165) is 47.4 Å². The van der Waals surface area contributed by atoms with Crippen molar-refractivity contribution in [2.45, 2.75) is 89.5 Å². The van der Waals surface area contributed by atoms with Crippen LogP contribution in [-0.4, -0.2) is 44.8 Å². The van der Waals surface area contributed by atoms with Crippen molar-refractivity contribution >= 4 is 5.78 Å². The van der Waals surface area contributed by atoms with Crippen LogP contribution in [0.4, 0.5) is 0 Å². The average molecular weight is 445 g/mol. The first-order valence-electron chi connectivity index (χ1n) is 12.9. The Morgan fingerprint density at radius 2 is 1.62 bits per heavy atom. The molecule has 5 heteroatoms. The second-order valence-electron chi connectivity index (χ2n) is 10.6. The van der Waals surface area contributed by atoms with E-state index in [9.17, 15) is 4.79 Å². The predicted molar refractivity (Wildman–Crippen MR) is 126 cm³/mol. The van der Waals surface area contributed by atoms with E-state index in [2.05, 4.69) is 20.2 Å². The standard InChI is InChI=1S/C27H42NO4/c1-28(2)16-15-21-17-24-26(32-19-31-24)27(30-3)25(21)22(28)18-23(29)20-13-11-9-7-5-4-6-8-10-12-14-20/h17,20,22H,4-16,18-19H2,1-3H3/q+1. The molecule has 1 fully saturated rings. The van der Waals surface area contributed by atoms with E-state index in [1.54, 1.807) is 7.11 Å². The van der Waals surface area contributed by atoms with Gasteiger partial charge in [0.25, 0.3) is 0 Å². The molecule has 4 rings (SSSR count). The first kappa shape index (κ1) is 23.4. The van der Waals surface area contributed by atoms with E-state index in [1.807, 2.05) is 0 Å². The molecule has 0 bridgehead atoms. The van der Waals surface area contributed by atoms with Crippen molar-refractivity contribution in [2.75, 3.05) is 34.5 Å². The van der Waals surface area contributed by atoms with Gasteiger partial charge in [-0.15, -0.1) is 0 Å². The molecule has 178 valence electrons. The Hall–Kier alpha value is -1.75. The molecule has 0 aromatic heterocycles. The number of Topliss-reactive ketones (excluding diaryl/α,β-unsaturated/α-hetero) is 1. The van der Waals surface area contributed by atoms with Crippen molar-refractivity contribution in [1.82, 2.24) is 0 Å². The molecule has 1 aromatic carbocycles. The number of carbonyl (C=O) groups excluding carboxylic acids is 1. The number of rotatable bonds is 4. The van der Waals surface area contributed by atoms with E-state index >= 15 is 0 Å². The number of carbonyl (C=O) groups is 1. The third-order valence-electron chi connectivity index (χ3n) is 8.04. The van der Waals surface area contributed by atoms with E-state index in [1.165, 1.54) is 63.4 Å². The van der Waals surface area contributed by atoms with Gasteiger partial charge in [-0.1, -0.05) is 57.8 Å². The second-order valence-corrected chi connectivity index (χ2v) is 10.6. The van der Waals surface area contributed by atoms with Gasteiger partial charge in [-0.3, -0.25) is 4.79 Å². The highest BCUT2D eigenvalue weighted by Gasteiger charge is 2.42. The quantitative estimate of drug-likeness (QED) is 0.536. The molecule has 0 radical (unpaired) electrons. The van der Waals surface area contributed by atoms with Crippen LogP contribution < -0.4 is 14.2 Å². The molecule has 0 saturated heterocycles. The highest BCUT2D eigenvalue weighted by atomic mass is 16.7. The van der Waals surface area contributed by atoms with Gasteiger partial charge in [0.2, 0.25) is 12.5 Å². The minimum absolute atomic E-state index is 0.0945. The molecule has 32 heavy (non-hydrogen) atoms. The molecule has 3 aliphatic rings. The van der Waals surface area contributed by atoms with Gasteiger partial charge in [0.15, 0.2) is 11.5 Å². The van der Waals surface area contributed by atoms with Gasteiger partial charge in [-0.2, -0.15) is 0 Å². The van der Waals surface area contributed by atoms with Crippen LogP contribution >= 0.6 is 0 Å². The Morgan fingerprint density at radius 1 is 1.00 bits per heavy atom. The number of methoxy groups -OCH3 is 1. The van der Waals surface area contributed by atoms with Crippen molar-refractivity contribution in [1.29, 1.82) is 0 Å². The molecule has 1 aliphatic carbocycles. The van der Waals surface area contributed by atoms with Gasteiger partial charge in [-0.25, -0.2) is 0 Å². The SMILES string of the molecule is COc1c2c(cc3c1C(CC(=O)C1CCCCCCCCCCC1)[N+](C)(C)CC3)OCO2. The van der Waals surface area contributed by atoms with Crippen LogP contribution in [0.25, 0.3) is 0 Å². The maximum Gasteiger partial charge on any atom is 0.231 e. The summed E-state index contributed by atoms with van der Waals surface area (Å²) in [5.74, 6) is 2.91. The van der Waals surface area contributed by atoms with Gasteiger partial charge < -0.3 is 18.7 Å². The van der Waals surface area contributed by atoms with Crippen LogP contribution in [0.5, 0.6) is 17.2 Å². The summed E-state index contributed by atoms with van der Waals surface area (Å²) < 4.78 is 18.1. The maximum absolute atomic E-state index is 13.7. The summed E-state index contributed by atoms with van der Waals surface area (Å²) in [7, 11) is 6.22. The van der Waals surface area contributed by atoms with Gasteiger partial charge >= 0.3 is 0 Å². The van der Waals surface area contributed by atoms with Crippen LogP contribution in [-0.2, 0) is 11.2 Å². The zero-order chi connectivity index (χ0) is 22.6. The summed E-state index contributed by atoms with van der Waals surface area (Å²) in [5.41, 5.74) is 2.41. The highest BCUT2D eigenvalue weighted by molar-refractivity contribution is 5.82. The Bertz CT molecular complexity index is 791. The van der Waals surface area contributed by atoms with E-state index in [-0.39, 0.29) is 18.8 Å². The second kappa shape index (κ2) is 10.5. The molecule has 1 atom stereocenters. The summed E-state index contributed by atoms with van der Waals surface area (Å²) in [6.07, 6.45) is 15.4. The molecule has 5 nitrogen and oxygen atoms in total. The molecule has 2 heterocycles. The van der Waals surface area contributed by atoms with Crippen molar-refractivity contribution in [3.05, 3.63) is 17.2 Å². The molecule has 1 unspecified atom stereocenters. The van der Waals surface area contributed by atoms with Gasteiger partial charge in [0.1, 0.15) is 11.8 Å². The highest BCUT2D eigenvalue weighted by Crippen LogP contribution is 2.51. The van der Waals surface area contributed by atoms with Crippen LogP contribution in [0.1, 0.15) is 94.2 Å². The normalized spacial score (nSPS) is 24.2. The smallest absolute Gasteiger partial charge is 0.231 e. The molecule has 0 amide bonds. The van der Waals surface area contributed by atoms with Crippen molar-refractivity contribution in [3.8, 4) is 17.2 Å². The number of benzene rings is 1. The number of hydrogen-bond donors (Lipinski definition) is 0. The van der Waals surface area contributed by atoms with Crippen LogP contribution in [0.2, 0.25) is 0 Å². The van der Waals surface area contributed by atoms with Gasteiger partial charge in [0, 0.05) is 12.3 Å². The molecule has 1 aromatic rings. The molecule has 2 aliphatic heterocycles. The third-order valence-corrected chi connectivity index (χ3v) is 8.04. The lowest BCUT2D eigenvalue weighted by Crippen LogP contribution is -2.49. The lowest BCUT2D eigenvalue weighted by molar-refractivity contribution is -0.922. The van der Waals surface area contributed by atoms with Crippen molar-refractivity contribution < 1.29 is 23.5 Å². The number of nitrogens with zero attached hydrogens (tertiary/aromatic N) is 1. The van der Waals surface area contributed by atoms with Crippen LogP contribution in [0.15, 0.2) is 6.07 Å². The minimum atomic E-state index is 0.0945. The summed E-state index contributed by atoms with van der Waals surface area (Å²) in [6.45, 7) is 1.25. The number of ketones is 1. The molecular formula is C27H42NO4+. The monoisotopic (exact) mass is 444 g/mol. The first-order chi connectivity index (χ1) is 15.5. The maximum atomic E-state index is 13.7. The fraction of sp³-hybridized carbons (Fsp3) is 0.741. The Labute approximate surface area is 194 Å². The molecular weight excluding hydrogens is 402 g/mol. The number of quaternary nitrogens is 1. The van der Waals surface area contributed by atoms with E-state index < -0.39 is 0 Å². The predicted octanol–water partition coefficient (Wildman–Crippen LogP) is 5.98. The number of hydrogen-bond acceptors (Lipinski definition) is 4. The lowest BCUT2D eigenvalue weighted by Gasteiger charge is -2.43. The van der Waals surface area contributed by atoms with Gasteiger partial charge in [0.05, 0.1) is 39.7 Å². The van der Waals surface area contributed by atoms with Gasteiger partial charge in [-0.05, 0) is 24.5 Å². The van der Waals surface area contributed by atoms with Crippen molar-refractivity contribution in [2.24, 2.45) is 5.92 Å². The fourth-order valence-electron chi connectivity index (χ4n) is 5.96. The van der Waals surface area contributed by atoms with Crippen molar-refractivity contribution in [3.63, 3.8) is 0 Å². The summed E-state index contributed by atoms with van der Waals surface area (Å²) in [5, 5.41) is 0. The first-order valence-corrected chi connectivity index (χ1v) is 12.9. The number of ether oxygens (including phenoxy) is 3. The molecule has 0 spiro atoms. The summed E-state index contributed by atoms with van der Waals surface area (Å²) >= 11 is 0. The number of fused-ring (bicyclic) bond motifs is 2. The number of likely N-dealkylation sites (N-methyl/N-ethyl adjacent to an activating group) is 1. The van der Waals surface area contributed by atoms with Crippen LogP contribution in [0.3, 0.4) is 0 Å². The van der Waals surface area contributed by atoms with E-state index in [0.29, 0.717) is 18.0 Å². The molecule has 0 N–H and O–H groups in total. The fourth-order valence-corrected chi connectivity index (χ4v) is 5.96. The summed E-state index contributed by atoms with van der Waals surface area (Å²) in [4.78, 5) is 13.7.